The van der Waals surface area contributed by atoms with Crippen molar-refractivity contribution < 1.29 is 19.1 Å². The third kappa shape index (κ3) is 5.86. The molecule has 0 unspecified atom stereocenters. The molecule has 1 fully saturated rings. The fourth-order valence-electron chi connectivity index (χ4n) is 3.35. The normalized spacial score (nSPS) is 14.5. The number of ether oxygens (including phenoxy) is 1. The summed E-state index contributed by atoms with van der Waals surface area (Å²) in [5.74, 6) is -1.12. The third-order valence-corrected chi connectivity index (χ3v) is 4.71. The monoisotopic (exact) mass is 360 g/mol. The van der Waals surface area contributed by atoms with Crippen LogP contribution in [-0.2, 0) is 14.3 Å². The highest BCUT2D eigenvalue weighted by Crippen LogP contribution is 2.22. The van der Waals surface area contributed by atoms with Crippen molar-refractivity contribution in [2.24, 2.45) is 0 Å². The Hall–Kier alpha value is -2.37. The highest BCUT2D eigenvalue weighted by molar-refractivity contribution is 5.96. The largest absolute Gasteiger partial charge is 0.454 e. The summed E-state index contributed by atoms with van der Waals surface area (Å²) >= 11 is 0. The van der Waals surface area contributed by atoms with Crippen molar-refractivity contribution in [1.82, 2.24) is 10.2 Å². The van der Waals surface area contributed by atoms with Crippen LogP contribution in [0.25, 0.3) is 0 Å². The molecule has 2 amide bonds. The number of amides is 2. The zero-order chi connectivity index (χ0) is 18.9. The first kappa shape index (κ1) is 19.9. The van der Waals surface area contributed by atoms with Gasteiger partial charge in [-0.25, -0.2) is 0 Å². The number of nitrogens with zero attached hydrogens (tertiary/aromatic N) is 1. The Morgan fingerprint density at radius 3 is 2.58 bits per heavy atom. The van der Waals surface area contributed by atoms with Gasteiger partial charge in [0, 0.05) is 18.2 Å². The Kier molecular flexibility index (Phi) is 7.63. The summed E-state index contributed by atoms with van der Waals surface area (Å²) in [5.41, 5.74) is 1.46. The van der Waals surface area contributed by atoms with Crippen LogP contribution >= 0.6 is 0 Å². The number of likely N-dealkylation sites (N-methyl/N-ethyl adjacent to an activating group) is 1. The van der Waals surface area contributed by atoms with Gasteiger partial charge in [-0.15, -0.1) is 0 Å². The zero-order valence-corrected chi connectivity index (χ0v) is 15.6. The topological polar surface area (TPSA) is 75.7 Å². The fraction of sp³-hybridized carbons (Fsp3) is 0.550. The lowest BCUT2D eigenvalue weighted by molar-refractivity contribution is -0.152. The molecule has 6 heteroatoms. The van der Waals surface area contributed by atoms with Crippen molar-refractivity contribution in [3.8, 4) is 0 Å². The van der Waals surface area contributed by atoms with Crippen molar-refractivity contribution in [2.75, 3.05) is 19.7 Å². The molecule has 0 heterocycles. The van der Waals surface area contributed by atoms with Crippen LogP contribution in [0.3, 0.4) is 0 Å². The second kappa shape index (κ2) is 9.94. The average Bonchev–Trinajstić information content (AvgIpc) is 2.66. The van der Waals surface area contributed by atoms with Crippen molar-refractivity contribution in [3.63, 3.8) is 0 Å². The summed E-state index contributed by atoms with van der Waals surface area (Å²) in [4.78, 5) is 38.0. The molecule has 0 saturated heterocycles. The van der Waals surface area contributed by atoms with E-state index in [-0.39, 0.29) is 31.0 Å². The first-order valence-corrected chi connectivity index (χ1v) is 9.31. The Bertz CT molecular complexity index is 638. The quantitative estimate of drug-likeness (QED) is 0.758. The fourth-order valence-corrected chi connectivity index (χ4v) is 3.35. The molecule has 1 aliphatic carbocycles. The number of nitrogens with one attached hydrogen (secondary N) is 1. The van der Waals surface area contributed by atoms with E-state index in [0.29, 0.717) is 12.1 Å². The molecule has 1 saturated carbocycles. The Morgan fingerprint density at radius 1 is 1.19 bits per heavy atom. The van der Waals surface area contributed by atoms with Crippen LogP contribution in [0.4, 0.5) is 0 Å². The lowest BCUT2D eigenvalue weighted by Gasteiger charge is -2.33. The van der Waals surface area contributed by atoms with Crippen LogP contribution in [0, 0.1) is 6.92 Å². The van der Waals surface area contributed by atoms with Crippen molar-refractivity contribution in [3.05, 3.63) is 35.4 Å². The van der Waals surface area contributed by atoms with Gasteiger partial charge in [-0.05, 0) is 38.8 Å². The molecular formula is C20H28N2O4. The molecule has 0 aliphatic heterocycles. The SMILES string of the molecule is CCN(C(=O)COC(=O)CNC(=O)c1cccc(C)c1)C1CCCCC1. The maximum atomic E-state index is 12.3. The lowest BCUT2D eigenvalue weighted by Crippen LogP contribution is -2.43. The maximum Gasteiger partial charge on any atom is 0.325 e. The number of esters is 1. The number of aryl methyl sites for hydroxylation is 1. The number of carbonyl (C=O) groups is 3. The van der Waals surface area contributed by atoms with Crippen LogP contribution in [-0.4, -0.2) is 48.4 Å². The van der Waals surface area contributed by atoms with Gasteiger partial charge in [0.15, 0.2) is 6.61 Å². The number of hydrogen-bond donors (Lipinski definition) is 1. The Balaban J connectivity index is 1.75. The molecule has 0 bridgehead atoms. The van der Waals surface area contributed by atoms with Gasteiger partial charge in [-0.2, -0.15) is 0 Å². The average molecular weight is 360 g/mol. The predicted molar refractivity (Wildman–Crippen MR) is 98.7 cm³/mol. The molecule has 0 spiro atoms. The van der Waals surface area contributed by atoms with Crippen molar-refractivity contribution >= 4 is 17.8 Å². The van der Waals surface area contributed by atoms with E-state index in [4.69, 9.17) is 4.74 Å². The van der Waals surface area contributed by atoms with Gasteiger partial charge in [-0.3, -0.25) is 14.4 Å². The van der Waals surface area contributed by atoms with Crippen LogP contribution in [0.15, 0.2) is 24.3 Å². The Labute approximate surface area is 154 Å². The molecular weight excluding hydrogens is 332 g/mol. The minimum atomic E-state index is -0.612. The van der Waals surface area contributed by atoms with E-state index in [9.17, 15) is 14.4 Å². The molecule has 2 rings (SSSR count). The highest BCUT2D eigenvalue weighted by Gasteiger charge is 2.24. The van der Waals surface area contributed by atoms with Gasteiger partial charge in [0.1, 0.15) is 6.54 Å². The maximum absolute atomic E-state index is 12.3. The summed E-state index contributed by atoms with van der Waals surface area (Å²) in [6.07, 6.45) is 5.52. The Morgan fingerprint density at radius 2 is 1.92 bits per heavy atom. The molecule has 0 atom stereocenters. The molecule has 0 radical (unpaired) electrons. The minimum absolute atomic E-state index is 0.169. The van der Waals surface area contributed by atoms with Gasteiger partial charge >= 0.3 is 5.97 Å². The van der Waals surface area contributed by atoms with Crippen LogP contribution < -0.4 is 5.32 Å². The van der Waals surface area contributed by atoms with E-state index < -0.39 is 5.97 Å². The van der Waals surface area contributed by atoms with E-state index in [2.05, 4.69) is 5.32 Å². The third-order valence-electron chi connectivity index (χ3n) is 4.71. The molecule has 1 aromatic rings. The molecule has 1 aromatic carbocycles. The first-order valence-electron chi connectivity index (χ1n) is 9.31. The van der Waals surface area contributed by atoms with E-state index in [1.807, 2.05) is 19.9 Å². The lowest BCUT2D eigenvalue weighted by atomic mass is 9.94. The molecule has 1 aliphatic rings. The molecule has 26 heavy (non-hydrogen) atoms. The second-order valence-corrected chi connectivity index (χ2v) is 6.68. The van der Waals surface area contributed by atoms with E-state index >= 15 is 0 Å². The number of hydrogen-bond acceptors (Lipinski definition) is 4. The van der Waals surface area contributed by atoms with Crippen LogP contribution in [0.1, 0.15) is 54.9 Å². The minimum Gasteiger partial charge on any atom is -0.454 e. The van der Waals surface area contributed by atoms with E-state index in [1.165, 1.54) is 6.42 Å². The van der Waals surface area contributed by atoms with Gasteiger partial charge in [0.25, 0.3) is 11.8 Å². The van der Waals surface area contributed by atoms with E-state index in [1.54, 1.807) is 23.1 Å². The van der Waals surface area contributed by atoms with Crippen molar-refractivity contribution in [2.45, 2.75) is 52.0 Å². The molecule has 0 aromatic heterocycles. The van der Waals surface area contributed by atoms with Crippen molar-refractivity contribution in [1.29, 1.82) is 0 Å². The van der Waals surface area contributed by atoms with Crippen LogP contribution in [0.5, 0.6) is 0 Å². The zero-order valence-electron chi connectivity index (χ0n) is 15.6. The number of rotatable bonds is 7. The smallest absolute Gasteiger partial charge is 0.325 e. The van der Waals surface area contributed by atoms with Gasteiger partial charge in [-0.1, -0.05) is 37.0 Å². The van der Waals surface area contributed by atoms with E-state index in [0.717, 1.165) is 31.2 Å². The molecule has 1 N–H and O–H groups in total. The molecule has 6 nitrogen and oxygen atoms in total. The first-order chi connectivity index (χ1) is 12.5. The summed E-state index contributed by atoms with van der Waals surface area (Å²) in [7, 11) is 0. The van der Waals surface area contributed by atoms with Gasteiger partial charge in [0.2, 0.25) is 0 Å². The van der Waals surface area contributed by atoms with Crippen LogP contribution in [0.2, 0.25) is 0 Å². The summed E-state index contributed by atoms with van der Waals surface area (Å²) in [6, 6.07) is 7.35. The number of carbonyl (C=O) groups excluding carboxylic acids is 3. The number of benzene rings is 1. The summed E-state index contributed by atoms with van der Waals surface area (Å²) in [5, 5.41) is 2.52. The predicted octanol–water partition coefficient (Wildman–Crippen LogP) is 2.45. The second-order valence-electron chi connectivity index (χ2n) is 6.68. The summed E-state index contributed by atoms with van der Waals surface area (Å²) < 4.78 is 5.04. The highest BCUT2D eigenvalue weighted by atomic mass is 16.5. The standard InChI is InChI=1S/C20H28N2O4/c1-3-22(17-10-5-4-6-11-17)18(23)14-26-19(24)13-21-20(25)16-9-7-8-15(2)12-16/h7-9,12,17H,3-6,10-11,13-14H2,1-2H3,(H,21,25). The van der Waals surface area contributed by atoms with Gasteiger partial charge < -0.3 is 15.0 Å². The molecule has 142 valence electrons. The summed E-state index contributed by atoms with van der Waals surface area (Å²) in [6.45, 7) is 3.92. The van der Waals surface area contributed by atoms with Gasteiger partial charge in [0.05, 0.1) is 0 Å².